The van der Waals surface area contributed by atoms with Crippen LogP contribution in [0.2, 0.25) is 5.02 Å². The fraction of sp³-hybridized carbons (Fsp3) is 0.250. The molecule has 0 radical (unpaired) electrons. The second kappa shape index (κ2) is 6.61. The van der Waals surface area contributed by atoms with Crippen molar-refractivity contribution >= 4 is 33.2 Å². The molecule has 0 saturated heterocycles. The Kier molecular flexibility index (Phi) is 5.08. The fourth-order valence-electron chi connectivity index (χ4n) is 2.23. The Morgan fingerprint density at radius 2 is 1.80 bits per heavy atom. The van der Waals surface area contributed by atoms with Gasteiger partial charge in [-0.05, 0) is 53.5 Å². The number of anilines is 1. The van der Waals surface area contributed by atoms with Crippen LogP contribution in [0.25, 0.3) is 0 Å². The number of hydrogen-bond donors (Lipinski definition) is 2. The maximum atomic E-state index is 9.65. The molecule has 0 bridgehead atoms. The van der Waals surface area contributed by atoms with Crippen LogP contribution in [-0.4, -0.2) is 11.7 Å². The van der Waals surface area contributed by atoms with Gasteiger partial charge in [-0.1, -0.05) is 40.9 Å². The lowest BCUT2D eigenvalue weighted by molar-refractivity contribution is 0.276. The fourth-order valence-corrected chi connectivity index (χ4v) is 2.73. The van der Waals surface area contributed by atoms with E-state index in [2.05, 4.69) is 53.3 Å². The van der Waals surface area contributed by atoms with Gasteiger partial charge < -0.3 is 10.4 Å². The Labute approximate surface area is 132 Å². The summed E-state index contributed by atoms with van der Waals surface area (Å²) in [6, 6.07) is 11.8. The quantitative estimate of drug-likeness (QED) is 0.821. The molecule has 4 heteroatoms. The standard InChI is InChI=1S/C16H17BrClNO/c1-10-5-11(2)7-12(6-10)16(9-20)19-13-3-4-15(18)14(17)8-13/h3-8,16,19-20H,9H2,1-2H3. The van der Waals surface area contributed by atoms with Crippen molar-refractivity contribution in [1.29, 1.82) is 0 Å². The van der Waals surface area contributed by atoms with Crippen LogP contribution in [0, 0.1) is 13.8 Å². The van der Waals surface area contributed by atoms with Crippen molar-refractivity contribution in [3.05, 3.63) is 62.6 Å². The molecule has 2 rings (SSSR count). The van der Waals surface area contributed by atoms with E-state index in [1.807, 2.05) is 18.2 Å². The predicted octanol–water partition coefficient (Wildman–Crippen LogP) is 4.86. The van der Waals surface area contributed by atoms with Crippen molar-refractivity contribution in [1.82, 2.24) is 0 Å². The van der Waals surface area contributed by atoms with Gasteiger partial charge in [-0.25, -0.2) is 0 Å². The van der Waals surface area contributed by atoms with Gasteiger partial charge in [0.05, 0.1) is 17.7 Å². The third-order valence-electron chi connectivity index (χ3n) is 3.09. The average molecular weight is 355 g/mol. The molecule has 0 fully saturated rings. The third kappa shape index (κ3) is 3.75. The Bertz CT molecular complexity index is 595. The van der Waals surface area contributed by atoms with Gasteiger partial charge in [0.1, 0.15) is 0 Å². The van der Waals surface area contributed by atoms with Crippen molar-refractivity contribution < 1.29 is 5.11 Å². The SMILES string of the molecule is Cc1cc(C)cc(C(CO)Nc2ccc(Cl)c(Br)c2)c1. The lowest BCUT2D eigenvalue weighted by atomic mass is 10.0. The van der Waals surface area contributed by atoms with E-state index in [1.54, 1.807) is 0 Å². The van der Waals surface area contributed by atoms with Crippen molar-refractivity contribution in [2.75, 3.05) is 11.9 Å². The Morgan fingerprint density at radius 3 is 2.35 bits per heavy atom. The highest BCUT2D eigenvalue weighted by Gasteiger charge is 2.11. The molecule has 0 aromatic heterocycles. The topological polar surface area (TPSA) is 32.3 Å². The molecule has 2 aromatic rings. The zero-order valence-corrected chi connectivity index (χ0v) is 13.8. The molecule has 0 amide bonds. The number of nitrogens with one attached hydrogen (secondary N) is 1. The summed E-state index contributed by atoms with van der Waals surface area (Å²) in [5.74, 6) is 0. The summed E-state index contributed by atoms with van der Waals surface area (Å²) in [6.07, 6.45) is 0. The Morgan fingerprint density at radius 1 is 1.15 bits per heavy atom. The summed E-state index contributed by atoms with van der Waals surface area (Å²) >= 11 is 9.39. The minimum Gasteiger partial charge on any atom is -0.394 e. The molecule has 0 aliphatic heterocycles. The van der Waals surface area contributed by atoms with Crippen LogP contribution in [0.4, 0.5) is 5.69 Å². The molecule has 0 aliphatic carbocycles. The summed E-state index contributed by atoms with van der Waals surface area (Å²) in [7, 11) is 0. The lowest BCUT2D eigenvalue weighted by Gasteiger charge is -2.19. The van der Waals surface area contributed by atoms with E-state index in [0.717, 1.165) is 15.7 Å². The Balaban J connectivity index is 2.26. The van der Waals surface area contributed by atoms with Crippen LogP contribution in [0.15, 0.2) is 40.9 Å². The van der Waals surface area contributed by atoms with Gasteiger partial charge >= 0.3 is 0 Å². The highest BCUT2D eigenvalue weighted by molar-refractivity contribution is 9.10. The largest absolute Gasteiger partial charge is 0.394 e. The summed E-state index contributed by atoms with van der Waals surface area (Å²) in [5.41, 5.74) is 4.38. The van der Waals surface area contributed by atoms with Gasteiger partial charge in [-0.3, -0.25) is 0 Å². The molecule has 0 spiro atoms. The normalized spacial score (nSPS) is 12.2. The van der Waals surface area contributed by atoms with E-state index >= 15 is 0 Å². The first-order chi connectivity index (χ1) is 9.49. The van der Waals surface area contributed by atoms with Crippen LogP contribution in [0.3, 0.4) is 0 Å². The maximum absolute atomic E-state index is 9.65. The van der Waals surface area contributed by atoms with E-state index in [0.29, 0.717) is 5.02 Å². The van der Waals surface area contributed by atoms with Crippen LogP contribution in [0.1, 0.15) is 22.7 Å². The smallest absolute Gasteiger partial charge is 0.0745 e. The van der Waals surface area contributed by atoms with E-state index in [4.69, 9.17) is 11.6 Å². The van der Waals surface area contributed by atoms with Gasteiger partial charge in [-0.2, -0.15) is 0 Å². The second-order valence-corrected chi connectivity index (χ2v) is 6.19. The molecule has 2 N–H and O–H groups in total. The van der Waals surface area contributed by atoms with E-state index in [-0.39, 0.29) is 12.6 Å². The lowest BCUT2D eigenvalue weighted by Crippen LogP contribution is -2.15. The first-order valence-electron chi connectivity index (χ1n) is 6.40. The molecule has 1 unspecified atom stereocenters. The third-order valence-corrected chi connectivity index (χ3v) is 4.30. The monoisotopic (exact) mass is 353 g/mol. The highest BCUT2D eigenvalue weighted by atomic mass is 79.9. The van der Waals surface area contributed by atoms with Gasteiger partial charge in [0, 0.05) is 10.2 Å². The van der Waals surface area contributed by atoms with Crippen molar-refractivity contribution in [2.24, 2.45) is 0 Å². The van der Waals surface area contributed by atoms with Crippen molar-refractivity contribution in [2.45, 2.75) is 19.9 Å². The summed E-state index contributed by atoms with van der Waals surface area (Å²) < 4.78 is 0.835. The van der Waals surface area contributed by atoms with Crippen molar-refractivity contribution in [3.8, 4) is 0 Å². The Hall–Kier alpha value is -1.03. The van der Waals surface area contributed by atoms with Gasteiger partial charge in [0.2, 0.25) is 0 Å². The highest BCUT2D eigenvalue weighted by Crippen LogP contribution is 2.28. The zero-order chi connectivity index (χ0) is 14.7. The predicted molar refractivity (Wildman–Crippen MR) is 88.5 cm³/mol. The van der Waals surface area contributed by atoms with E-state index < -0.39 is 0 Å². The first-order valence-corrected chi connectivity index (χ1v) is 7.57. The number of hydrogen-bond acceptors (Lipinski definition) is 2. The summed E-state index contributed by atoms with van der Waals surface area (Å²) in [5, 5.41) is 13.6. The zero-order valence-electron chi connectivity index (χ0n) is 11.5. The number of aliphatic hydroxyl groups excluding tert-OH is 1. The molecule has 0 heterocycles. The molecule has 1 atom stereocenters. The van der Waals surface area contributed by atoms with Crippen LogP contribution in [0.5, 0.6) is 0 Å². The number of benzene rings is 2. The van der Waals surface area contributed by atoms with Crippen molar-refractivity contribution in [3.63, 3.8) is 0 Å². The average Bonchev–Trinajstić information content (AvgIpc) is 2.38. The number of aryl methyl sites for hydroxylation is 2. The second-order valence-electron chi connectivity index (χ2n) is 4.93. The minimum atomic E-state index is -0.137. The van der Waals surface area contributed by atoms with Gasteiger partial charge in [0.25, 0.3) is 0 Å². The maximum Gasteiger partial charge on any atom is 0.0745 e. The van der Waals surface area contributed by atoms with Crippen LogP contribution >= 0.6 is 27.5 Å². The van der Waals surface area contributed by atoms with Gasteiger partial charge in [-0.15, -0.1) is 0 Å². The first kappa shape index (κ1) is 15.4. The molecule has 2 aromatic carbocycles. The number of halogens is 2. The minimum absolute atomic E-state index is 0.0309. The van der Waals surface area contributed by atoms with Crippen LogP contribution < -0.4 is 5.32 Å². The molecule has 0 aliphatic rings. The molecular formula is C16H17BrClNO. The summed E-state index contributed by atoms with van der Waals surface area (Å²) in [6.45, 7) is 4.15. The van der Waals surface area contributed by atoms with E-state index in [1.165, 1.54) is 11.1 Å². The van der Waals surface area contributed by atoms with Crippen LogP contribution in [-0.2, 0) is 0 Å². The van der Waals surface area contributed by atoms with Gasteiger partial charge in [0.15, 0.2) is 0 Å². The molecule has 20 heavy (non-hydrogen) atoms. The van der Waals surface area contributed by atoms with E-state index in [9.17, 15) is 5.11 Å². The molecule has 2 nitrogen and oxygen atoms in total. The summed E-state index contributed by atoms with van der Waals surface area (Å²) in [4.78, 5) is 0. The molecular weight excluding hydrogens is 338 g/mol. The number of rotatable bonds is 4. The number of aliphatic hydroxyl groups is 1. The molecule has 106 valence electrons. The molecule has 0 saturated carbocycles.